The molecular weight excluding hydrogens is 441 g/mol. The Kier molecular flexibility index (Phi) is 7.53. The summed E-state index contributed by atoms with van der Waals surface area (Å²) in [6, 6.07) is 13.3. The monoisotopic (exact) mass is 461 g/mol. The first-order valence-corrected chi connectivity index (χ1v) is 11.0. The van der Waals surface area contributed by atoms with Gasteiger partial charge < -0.3 is 4.57 Å². The second kappa shape index (κ2) is 10.1. The second-order valence-electron chi connectivity index (χ2n) is 6.57. The normalized spacial score (nSPS) is 11.6. The quantitative estimate of drug-likeness (QED) is 0.297. The number of nitrogens with zero attached hydrogens (tertiary/aromatic N) is 4. The number of rotatable bonds is 7. The maximum absolute atomic E-state index is 12.2. The van der Waals surface area contributed by atoms with Gasteiger partial charge in [-0.1, -0.05) is 70.9 Å². The van der Waals surface area contributed by atoms with E-state index in [0.717, 1.165) is 17.0 Å². The van der Waals surface area contributed by atoms with Crippen molar-refractivity contribution >= 4 is 46.6 Å². The second-order valence-corrected chi connectivity index (χ2v) is 8.32. The summed E-state index contributed by atoms with van der Waals surface area (Å²) < 4.78 is 1.99. The molecule has 2 aromatic carbocycles. The molecule has 30 heavy (non-hydrogen) atoms. The first-order chi connectivity index (χ1) is 14.4. The van der Waals surface area contributed by atoms with Crippen molar-refractivity contribution in [3.05, 3.63) is 63.6 Å². The Bertz CT molecular complexity index is 1080. The van der Waals surface area contributed by atoms with E-state index in [4.69, 9.17) is 23.2 Å². The highest BCUT2D eigenvalue weighted by Gasteiger charge is 2.14. The van der Waals surface area contributed by atoms with Crippen LogP contribution < -0.4 is 5.43 Å². The number of hydrazone groups is 1. The number of hydrogen-bond donors (Lipinski definition) is 1. The number of aryl methyl sites for hydroxylation is 1. The van der Waals surface area contributed by atoms with Crippen LogP contribution in [0, 0.1) is 6.92 Å². The van der Waals surface area contributed by atoms with Crippen LogP contribution in [0.1, 0.15) is 25.0 Å². The molecule has 0 bridgehead atoms. The Morgan fingerprint density at radius 2 is 1.87 bits per heavy atom. The van der Waals surface area contributed by atoms with E-state index < -0.39 is 0 Å². The standard InChI is InChI=1S/C21H21Cl2N5OS/c1-4-28-20(15-7-5-13(2)6-8-15)26-27-21(28)30-12-19(29)25-24-14(3)16-9-10-17(22)18(23)11-16/h5-11H,4,12H2,1-3H3,(H,25,29). The molecule has 3 rings (SSSR count). The van der Waals surface area contributed by atoms with Gasteiger partial charge in [0, 0.05) is 12.1 Å². The van der Waals surface area contributed by atoms with Crippen LogP contribution in [0.25, 0.3) is 11.4 Å². The Labute approximate surface area is 189 Å². The molecular formula is C21H21Cl2N5OS. The lowest BCUT2D eigenvalue weighted by Crippen LogP contribution is -2.21. The molecule has 1 N–H and O–H groups in total. The lowest BCUT2D eigenvalue weighted by Gasteiger charge is -2.07. The van der Waals surface area contributed by atoms with Crippen molar-refractivity contribution < 1.29 is 4.79 Å². The molecule has 0 fully saturated rings. The molecule has 0 spiro atoms. The molecule has 0 atom stereocenters. The van der Waals surface area contributed by atoms with E-state index in [-0.39, 0.29) is 11.7 Å². The zero-order valence-electron chi connectivity index (χ0n) is 16.8. The number of carbonyl (C=O) groups is 1. The summed E-state index contributed by atoms with van der Waals surface area (Å²) in [4.78, 5) is 12.2. The molecule has 3 aromatic rings. The minimum absolute atomic E-state index is 0.171. The van der Waals surface area contributed by atoms with Gasteiger partial charge in [0.15, 0.2) is 11.0 Å². The Morgan fingerprint density at radius 1 is 1.13 bits per heavy atom. The average molecular weight is 462 g/mol. The van der Waals surface area contributed by atoms with Crippen molar-refractivity contribution in [2.45, 2.75) is 32.5 Å². The molecule has 1 aromatic heterocycles. The van der Waals surface area contributed by atoms with Crippen molar-refractivity contribution in [1.82, 2.24) is 20.2 Å². The van der Waals surface area contributed by atoms with E-state index in [9.17, 15) is 4.79 Å². The summed E-state index contributed by atoms with van der Waals surface area (Å²) in [5.41, 5.74) is 6.15. The molecule has 0 saturated heterocycles. The maximum Gasteiger partial charge on any atom is 0.250 e. The van der Waals surface area contributed by atoms with Crippen molar-refractivity contribution in [2.75, 3.05) is 5.75 Å². The molecule has 1 amide bonds. The molecule has 0 aliphatic carbocycles. The summed E-state index contributed by atoms with van der Waals surface area (Å²) in [5, 5.41) is 14.3. The maximum atomic E-state index is 12.2. The smallest absolute Gasteiger partial charge is 0.250 e. The topological polar surface area (TPSA) is 72.2 Å². The third kappa shape index (κ3) is 5.41. The van der Waals surface area contributed by atoms with Gasteiger partial charge in [-0.05, 0) is 38.5 Å². The van der Waals surface area contributed by atoms with Gasteiger partial charge in [0.05, 0.1) is 21.5 Å². The number of thioether (sulfide) groups is 1. The van der Waals surface area contributed by atoms with Crippen LogP contribution >= 0.6 is 35.0 Å². The third-order valence-electron chi connectivity index (χ3n) is 4.36. The number of halogens is 2. The predicted octanol–water partition coefficient (Wildman–Crippen LogP) is 5.21. The summed E-state index contributed by atoms with van der Waals surface area (Å²) in [7, 11) is 0. The van der Waals surface area contributed by atoms with Crippen LogP contribution in [0.5, 0.6) is 0 Å². The van der Waals surface area contributed by atoms with E-state index in [1.54, 1.807) is 25.1 Å². The molecule has 0 aliphatic heterocycles. The van der Waals surface area contributed by atoms with Gasteiger partial charge in [-0.3, -0.25) is 4.79 Å². The van der Waals surface area contributed by atoms with Crippen LogP contribution in [-0.4, -0.2) is 32.1 Å². The lowest BCUT2D eigenvalue weighted by molar-refractivity contribution is -0.118. The minimum Gasteiger partial charge on any atom is -0.302 e. The highest BCUT2D eigenvalue weighted by atomic mass is 35.5. The van der Waals surface area contributed by atoms with E-state index in [0.29, 0.717) is 27.5 Å². The van der Waals surface area contributed by atoms with Crippen molar-refractivity contribution in [1.29, 1.82) is 0 Å². The van der Waals surface area contributed by atoms with Crippen molar-refractivity contribution in [2.24, 2.45) is 5.10 Å². The number of aromatic nitrogens is 3. The van der Waals surface area contributed by atoms with E-state index >= 15 is 0 Å². The predicted molar refractivity (Wildman–Crippen MR) is 123 cm³/mol. The van der Waals surface area contributed by atoms with Crippen molar-refractivity contribution in [3.63, 3.8) is 0 Å². The third-order valence-corrected chi connectivity index (χ3v) is 6.07. The summed E-state index contributed by atoms with van der Waals surface area (Å²) in [6.45, 7) is 6.55. The van der Waals surface area contributed by atoms with Crippen molar-refractivity contribution in [3.8, 4) is 11.4 Å². The Hall–Kier alpha value is -2.35. The number of carbonyl (C=O) groups excluding carboxylic acids is 1. The Morgan fingerprint density at radius 3 is 2.53 bits per heavy atom. The van der Waals surface area contributed by atoms with Gasteiger partial charge in [0.2, 0.25) is 0 Å². The van der Waals surface area contributed by atoms with Crippen LogP contribution in [0.4, 0.5) is 0 Å². The van der Waals surface area contributed by atoms with E-state index in [1.807, 2.05) is 42.7 Å². The van der Waals surface area contributed by atoms with Gasteiger partial charge in [-0.2, -0.15) is 5.10 Å². The number of nitrogens with one attached hydrogen (secondary N) is 1. The number of hydrogen-bond acceptors (Lipinski definition) is 5. The molecule has 0 saturated carbocycles. The number of benzene rings is 2. The molecule has 1 heterocycles. The molecule has 6 nitrogen and oxygen atoms in total. The Balaban J connectivity index is 1.63. The largest absolute Gasteiger partial charge is 0.302 e. The summed E-state index contributed by atoms with van der Waals surface area (Å²) >= 11 is 13.3. The average Bonchev–Trinajstić information content (AvgIpc) is 3.15. The fraction of sp³-hybridized carbons (Fsp3) is 0.238. The number of amides is 1. The van der Waals surface area contributed by atoms with Crippen LogP contribution in [0.2, 0.25) is 10.0 Å². The van der Waals surface area contributed by atoms with Gasteiger partial charge in [-0.25, -0.2) is 5.43 Å². The zero-order valence-corrected chi connectivity index (χ0v) is 19.1. The summed E-state index contributed by atoms with van der Waals surface area (Å²) in [6.07, 6.45) is 0. The van der Waals surface area contributed by atoms with Crippen LogP contribution in [0.3, 0.4) is 0 Å². The first-order valence-electron chi connectivity index (χ1n) is 9.30. The molecule has 0 aliphatic rings. The van der Waals surface area contributed by atoms with E-state index in [1.165, 1.54) is 17.3 Å². The van der Waals surface area contributed by atoms with Gasteiger partial charge >= 0.3 is 0 Å². The van der Waals surface area contributed by atoms with Gasteiger partial charge in [-0.15, -0.1) is 10.2 Å². The fourth-order valence-corrected chi connectivity index (χ4v) is 3.78. The van der Waals surface area contributed by atoms with Crippen LogP contribution in [0.15, 0.2) is 52.7 Å². The molecule has 156 valence electrons. The SMILES string of the molecule is CCn1c(SCC(=O)NN=C(C)c2ccc(Cl)c(Cl)c2)nnc1-c1ccc(C)cc1. The minimum atomic E-state index is -0.234. The first kappa shape index (κ1) is 22.3. The van der Waals surface area contributed by atoms with Gasteiger partial charge in [0.1, 0.15) is 0 Å². The molecule has 0 unspecified atom stereocenters. The van der Waals surface area contributed by atoms with Gasteiger partial charge in [0.25, 0.3) is 5.91 Å². The fourth-order valence-electron chi connectivity index (χ4n) is 2.69. The highest BCUT2D eigenvalue weighted by molar-refractivity contribution is 7.99. The highest BCUT2D eigenvalue weighted by Crippen LogP contribution is 2.24. The summed E-state index contributed by atoms with van der Waals surface area (Å²) in [5.74, 6) is 0.723. The lowest BCUT2D eigenvalue weighted by atomic mass is 10.1. The zero-order chi connectivity index (χ0) is 21.7. The molecule has 0 radical (unpaired) electrons. The van der Waals surface area contributed by atoms with E-state index in [2.05, 4.69) is 20.7 Å². The van der Waals surface area contributed by atoms with Crippen LogP contribution in [-0.2, 0) is 11.3 Å². The molecule has 9 heteroatoms.